The van der Waals surface area contributed by atoms with Crippen molar-refractivity contribution in [3.63, 3.8) is 0 Å². The summed E-state index contributed by atoms with van der Waals surface area (Å²) in [5.41, 5.74) is 1.66. The first-order valence-corrected chi connectivity index (χ1v) is 11.6. The van der Waals surface area contributed by atoms with E-state index >= 15 is 0 Å². The second-order valence-electron chi connectivity index (χ2n) is 8.37. The van der Waals surface area contributed by atoms with Crippen molar-refractivity contribution in [3.8, 4) is 0 Å². The number of urea groups is 1. The monoisotopic (exact) mass is 434 g/mol. The molecule has 1 aliphatic carbocycles. The molecule has 1 saturated heterocycles. The van der Waals surface area contributed by atoms with Crippen LogP contribution in [-0.4, -0.2) is 70.8 Å². The van der Waals surface area contributed by atoms with Crippen molar-refractivity contribution in [2.75, 3.05) is 33.2 Å². The first-order valence-electron chi connectivity index (χ1n) is 10.8. The van der Waals surface area contributed by atoms with Gasteiger partial charge in [-0.05, 0) is 48.7 Å². The van der Waals surface area contributed by atoms with Crippen LogP contribution in [0.15, 0.2) is 23.3 Å². The van der Waals surface area contributed by atoms with Gasteiger partial charge >= 0.3 is 6.03 Å². The summed E-state index contributed by atoms with van der Waals surface area (Å²) in [7, 11) is 1.90. The zero-order valence-electron chi connectivity index (χ0n) is 17.7. The van der Waals surface area contributed by atoms with Crippen molar-refractivity contribution < 1.29 is 9.18 Å². The highest BCUT2D eigenvalue weighted by atomic mass is 32.2. The number of carbonyl (C=O) groups excluding carboxylic acids is 1. The molecule has 1 aromatic carbocycles. The molecule has 9 heteroatoms. The number of rotatable bonds is 4. The zero-order valence-corrected chi connectivity index (χ0v) is 18.6. The second-order valence-corrected chi connectivity index (χ2v) is 9.42. The van der Waals surface area contributed by atoms with Crippen LogP contribution in [0.5, 0.6) is 0 Å². The lowest BCUT2D eigenvalue weighted by atomic mass is 10.1. The third-order valence-electron chi connectivity index (χ3n) is 6.02. The van der Waals surface area contributed by atoms with Gasteiger partial charge in [0.15, 0.2) is 10.7 Å². The maximum atomic E-state index is 13.5. The first-order chi connectivity index (χ1) is 14.5. The lowest BCUT2D eigenvalue weighted by Crippen LogP contribution is -2.48. The molecule has 1 atom stereocenters. The average Bonchev–Trinajstić information content (AvgIpc) is 3.35. The Morgan fingerprint density at radius 1 is 1.20 bits per heavy atom. The van der Waals surface area contributed by atoms with E-state index in [1.807, 2.05) is 24.2 Å². The normalized spacial score (nSPS) is 23.0. The molecule has 0 radical (unpaired) electrons. The van der Waals surface area contributed by atoms with E-state index in [4.69, 9.17) is 0 Å². The quantitative estimate of drug-likeness (QED) is 0.763. The minimum Gasteiger partial charge on any atom is -0.347 e. The van der Waals surface area contributed by atoms with Crippen LogP contribution in [0.3, 0.4) is 0 Å². The van der Waals surface area contributed by atoms with Crippen molar-refractivity contribution in [2.24, 2.45) is 5.10 Å². The number of thioether (sulfide) groups is 1. The Kier molecular flexibility index (Phi) is 6.67. The highest BCUT2D eigenvalue weighted by Gasteiger charge is 2.31. The lowest BCUT2D eigenvalue weighted by Gasteiger charge is -2.35. The zero-order chi connectivity index (χ0) is 21.1. The number of hydrazone groups is 1. The number of carbonyl (C=O) groups is 1. The van der Waals surface area contributed by atoms with E-state index in [2.05, 4.69) is 25.5 Å². The van der Waals surface area contributed by atoms with E-state index in [9.17, 15) is 9.18 Å². The van der Waals surface area contributed by atoms with Crippen LogP contribution in [0.4, 0.5) is 9.18 Å². The van der Waals surface area contributed by atoms with Gasteiger partial charge in [-0.2, -0.15) is 0 Å². The predicted molar refractivity (Wildman–Crippen MR) is 118 cm³/mol. The molecule has 7 nitrogen and oxygen atoms in total. The topological polar surface area (TPSA) is 63.2 Å². The van der Waals surface area contributed by atoms with E-state index in [-0.39, 0.29) is 17.3 Å². The van der Waals surface area contributed by atoms with Crippen LogP contribution in [0.2, 0.25) is 0 Å². The summed E-state index contributed by atoms with van der Waals surface area (Å²) < 4.78 is 13.5. The summed E-state index contributed by atoms with van der Waals surface area (Å²) in [5, 5.41) is 13.5. The number of amides is 2. The number of aryl methyl sites for hydroxylation is 1. The van der Waals surface area contributed by atoms with Gasteiger partial charge in [0.1, 0.15) is 5.82 Å². The number of hydrogen-bond donors (Lipinski definition) is 2. The summed E-state index contributed by atoms with van der Waals surface area (Å²) in [6, 6.07) is 5.55. The van der Waals surface area contributed by atoms with E-state index in [0.717, 1.165) is 56.3 Å². The fourth-order valence-electron chi connectivity index (χ4n) is 4.22. The summed E-state index contributed by atoms with van der Waals surface area (Å²) in [6.45, 7) is 6.28. The maximum Gasteiger partial charge on any atom is 0.317 e. The van der Waals surface area contributed by atoms with Crippen LogP contribution in [0.25, 0.3) is 0 Å². The van der Waals surface area contributed by atoms with Gasteiger partial charge in [-0.15, -0.1) is 5.10 Å². The highest BCUT2D eigenvalue weighted by molar-refractivity contribution is 8.14. The molecule has 0 bridgehead atoms. The van der Waals surface area contributed by atoms with E-state index in [1.165, 1.54) is 12.8 Å². The molecule has 2 amide bonds. The van der Waals surface area contributed by atoms with E-state index in [1.54, 1.807) is 24.8 Å². The second kappa shape index (κ2) is 9.43. The van der Waals surface area contributed by atoms with Crippen LogP contribution in [-0.2, 0) is 6.54 Å². The molecule has 2 heterocycles. The van der Waals surface area contributed by atoms with Gasteiger partial charge in [-0.25, -0.2) is 9.18 Å². The molecule has 1 aromatic rings. The Hall–Kier alpha value is -2.00. The fraction of sp³-hybridized carbons (Fsp3) is 0.619. The molecule has 0 aromatic heterocycles. The van der Waals surface area contributed by atoms with Crippen LogP contribution < -0.4 is 10.6 Å². The number of hydrogen-bond acceptors (Lipinski definition) is 6. The molecule has 1 unspecified atom stereocenters. The number of amidine groups is 1. The Balaban J connectivity index is 1.23. The van der Waals surface area contributed by atoms with Crippen LogP contribution in [0.1, 0.15) is 36.8 Å². The summed E-state index contributed by atoms with van der Waals surface area (Å²) in [5.74, 6) is -0.149. The van der Waals surface area contributed by atoms with Gasteiger partial charge in [0.05, 0.1) is 0 Å². The van der Waals surface area contributed by atoms with Crippen molar-refractivity contribution in [1.29, 1.82) is 0 Å². The third kappa shape index (κ3) is 5.18. The molecule has 2 fully saturated rings. The maximum absolute atomic E-state index is 13.5. The average molecular weight is 435 g/mol. The molecule has 4 rings (SSSR count). The van der Waals surface area contributed by atoms with Gasteiger partial charge in [-0.1, -0.05) is 25.0 Å². The molecule has 30 heavy (non-hydrogen) atoms. The van der Waals surface area contributed by atoms with Gasteiger partial charge in [0.2, 0.25) is 0 Å². The lowest BCUT2D eigenvalue weighted by molar-refractivity contribution is 0.176. The number of halogens is 1. The molecule has 0 spiro atoms. The molecular weight excluding hydrogens is 403 g/mol. The number of nitrogens with one attached hydrogen (secondary N) is 2. The van der Waals surface area contributed by atoms with Crippen molar-refractivity contribution in [2.45, 2.75) is 50.7 Å². The first kappa shape index (κ1) is 21.2. The molecular formula is C21H31FN6OS. The molecule has 3 aliphatic rings. The smallest absolute Gasteiger partial charge is 0.317 e. The molecule has 1 saturated carbocycles. The largest absolute Gasteiger partial charge is 0.347 e. The Labute approximate surface area is 182 Å². The van der Waals surface area contributed by atoms with Gasteiger partial charge < -0.3 is 15.5 Å². The van der Waals surface area contributed by atoms with Gasteiger partial charge in [0.25, 0.3) is 0 Å². The standard InChI is InChI=1S/C21H31FN6OS/c1-15-13-16(7-8-18(15)22)14-27-9-11-28(12-10-27)21-25-26(2)20(30-21)24-19(29)23-17-5-3-4-6-17/h7-8,13,17,20H,3-6,9-12,14H2,1-2H3,(H2,23,24,29). The summed E-state index contributed by atoms with van der Waals surface area (Å²) in [6.07, 6.45) is 4.54. The Bertz CT molecular complexity index is 792. The predicted octanol–water partition coefficient (Wildman–Crippen LogP) is 2.73. The van der Waals surface area contributed by atoms with Crippen LogP contribution in [0, 0.1) is 12.7 Å². The third-order valence-corrected chi connectivity index (χ3v) is 7.21. The van der Waals surface area contributed by atoms with E-state index < -0.39 is 0 Å². The molecule has 164 valence electrons. The minimum atomic E-state index is -0.179. The van der Waals surface area contributed by atoms with Gasteiger partial charge in [0, 0.05) is 45.8 Å². The Morgan fingerprint density at radius 3 is 2.63 bits per heavy atom. The summed E-state index contributed by atoms with van der Waals surface area (Å²) in [4.78, 5) is 17.0. The number of nitrogens with zero attached hydrogens (tertiary/aromatic N) is 4. The Morgan fingerprint density at radius 2 is 1.93 bits per heavy atom. The highest BCUT2D eigenvalue weighted by Crippen LogP contribution is 2.26. The number of benzene rings is 1. The van der Waals surface area contributed by atoms with Crippen molar-refractivity contribution >= 4 is 23.0 Å². The van der Waals surface area contributed by atoms with E-state index in [0.29, 0.717) is 11.6 Å². The fourth-order valence-corrected chi connectivity index (χ4v) is 5.29. The van der Waals surface area contributed by atoms with Gasteiger partial charge in [-0.3, -0.25) is 9.91 Å². The van der Waals surface area contributed by atoms with Crippen molar-refractivity contribution in [3.05, 3.63) is 35.1 Å². The number of piperazine rings is 1. The SMILES string of the molecule is Cc1cc(CN2CCN(C3=NN(C)C(NC(=O)NC4CCCC4)S3)CC2)ccc1F. The van der Waals surface area contributed by atoms with Crippen LogP contribution >= 0.6 is 11.8 Å². The summed E-state index contributed by atoms with van der Waals surface area (Å²) >= 11 is 1.59. The molecule has 2 N–H and O–H groups in total. The minimum absolute atomic E-state index is 0.109. The molecule has 2 aliphatic heterocycles. The van der Waals surface area contributed by atoms with Crippen molar-refractivity contribution in [1.82, 2.24) is 25.4 Å².